The van der Waals surface area contributed by atoms with Crippen molar-refractivity contribution in [3.8, 4) is 0 Å². The zero-order valence-electron chi connectivity index (χ0n) is 10.3. The second-order valence-electron chi connectivity index (χ2n) is 5.55. The minimum atomic E-state index is 0.237. The first-order chi connectivity index (χ1) is 8.27. The Morgan fingerprint density at radius 3 is 3.12 bits per heavy atom. The molecule has 4 heteroatoms. The van der Waals surface area contributed by atoms with Gasteiger partial charge in [0, 0.05) is 6.42 Å². The van der Waals surface area contributed by atoms with Gasteiger partial charge in [0.05, 0.1) is 0 Å². The molecule has 1 fully saturated rings. The summed E-state index contributed by atoms with van der Waals surface area (Å²) in [6.45, 7) is 3.00. The highest BCUT2D eigenvalue weighted by molar-refractivity contribution is 5.24. The highest BCUT2D eigenvalue weighted by Gasteiger charge is 2.54. The van der Waals surface area contributed by atoms with Gasteiger partial charge in [0.2, 0.25) is 0 Å². The van der Waals surface area contributed by atoms with Gasteiger partial charge in [-0.15, -0.1) is 10.2 Å². The van der Waals surface area contributed by atoms with E-state index in [4.69, 9.17) is 5.73 Å². The number of nitrogens with one attached hydrogen (secondary N) is 1. The van der Waals surface area contributed by atoms with Crippen molar-refractivity contribution in [2.45, 2.75) is 32.6 Å². The fourth-order valence-corrected chi connectivity index (χ4v) is 3.69. The molecule has 0 radical (unpaired) electrons. The van der Waals surface area contributed by atoms with Crippen molar-refractivity contribution in [3.05, 3.63) is 23.8 Å². The van der Waals surface area contributed by atoms with E-state index < -0.39 is 0 Å². The number of aromatic amines is 1. The molecular weight excluding hydrogens is 212 g/mol. The lowest BCUT2D eigenvalue weighted by molar-refractivity contribution is 0.00733. The van der Waals surface area contributed by atoms with Crippen LogP contribution < -0.4 is 5.73 Å². The van der Waals surface area contributed by atoms with E-state index in [1.807, 2.05) is 0 Å². The Labute approximate surface area is 102 Å². The number of hydrogen-bond donors (Lipinski definition) is 2. The Kier molecular flexibility index (Phi) is 2.54. The number of fused-ring (bicyclic) bond motifs is 1. The highest BCUT2D eigenvalue weighted by Crippen LogP contribution is 2.58. The fraction of sp³-hybridized carbons (Fsp3) is 0.692. The van der Waals surface area contributed by atoms with Crippen LogP contribution in [0.15, 0.2) is 18.0 Å². The van der Waals surface area contributed by atoms with Crippen molar-refractivity contribution in [3.63, 3.8) is 0 Å². The lowest BCUT2D eigenvalue weighted by atomic mass is 9.53. The van der Waals surface area contributed by atoms with Crippen LogP contribution in [0.1, 0.15) is 32.0 Å². The quantitative estimate of drug-likeness (QED) is 0.776. The van der Waals surface area contributed by atoms with Crippen molar-refractivity contribution in [2.24, 2.45) is 23.0 Å². The van der Waals surface area contributed by atoms with Crippen LogP contribution >= 0.6 is 0 Å². The summed E-state index contributed by atoms with van der Waals surface area (Å²) in [7, 11) is 0. The molecule has 0 aromatic carbocycles. The molecule has 2 aliphatic rings. The summed E-state index contributed by atoms with van der Waals surface area (Å²) >= 11 is 0. The second kappa shape index (κ2) is 3.95. The van der Waals surface area contributed by atoms with Crippen LogP contribution in [0, 0.1) is 17.3 Å². The van der Waals surface area contributed by atoms with Crippen LogP contribution in [0.3, 0.4) is 0 Å². The van der Waals surface area contributed by atoms with Gasteiger partial charge in [-0.05, 0) is 43.1 Å². The van der Waals surface area contributed by atoms with E-state index in [0.29, 0.717) is 5.92 Å². The third kappa shape index (κ3) is 1.62. The first-order valence-electron chi connectivity index (χ1n) is 6.52. The first-order valence-corrected chi connectivity index (χ1v) is 6.52. The third-order valence-corrected chi connectivity index (χ3v) is 4.67. The molecule has 17 heavy (non-hydrogen) atoms. The maximum absolute atomic E-state index is 6.04. The van der Waals surface area contributed by atoms with Crippen LogP contribution in [0.5, 0.6) is 0 Å². The van der Waals surface area contributed by atoms with E-state index in [0.717, 1.165) is 24.7 Å². The zero-order chi connectivity index (χ0) is 11.9. The van der Waals surface area contributed by atoms with Crippen molar-refractivity contribution in [2.75, 3.05) is 6.54 Å². The Bertz CT molecular complexity index is 423. The molecule has 4 nitrogen and oxygen atoms in total. The van der Waals surface area contributed by atoms with E-state index >= 15 is 0 Å². The van der Waals surface area contributed by atoms with Crippen LogP contribution in [0.25, 0.3) is 0 Å². The SMILES string of the molecule is CCC1=C[C@@H]2[C@H](C1)C[C@]2(CN)Cc1nnc[nH]1. The van der Waals surface area contributed by atoms with Gasteiger partial charge in [-0.3, -0.25) is 0 Å². The monoisotopic (exact) mass is 232 g/mol. The summed E-state index contributed by atoms with van der Waals surface area (Å²) in [4.78, 5) is 3.10. The van der Waals surface area contributed by atoms with Gasteiger partial charge in [0.1, 0.15) is 12.2 Å². The molecule has 3 N–H and O–H groups in total. The van der Waals surface area contributed by atoms with Crippen molar-refractivity contribution in [1.82, 2.24) is 15.2 Å². The van der Waals surface area contributed by atoms with Crippen LogP contribution in [0.2, 0.25) is 0 Å². The van der Waals surface area contributed by atoms with Gasteiger partial charge in [-0.25, -0.2) is 0 Å². The molecule has 3 rings (SSSR count). The van der Waals surface area contributed by atoms with E-state index in [1.54, 1.807) is 11.9 Å². The van der Waals surface area contributed by atoms with Gasteiger partial charge in [-0.1, -0.05) is 18.6 Å². The number of nitrogens with zero attached hydrogens (tertiary/aromatic N) is 2. The molecule has 2 aliphatic carbocycles. The number of aromatic nitrogens is 3. The molecule has 92 valence electrons. The lowest BCUT2D eigenvalue weighted by Gasteiger charge is -2.51. The Morgan fingerprint density at radius 2 is 2.47 bits per heavy atom. The molecule has 0 aliphatic heterocycles. The standard InChI is InChI=1S/C13H20N4/c1-2-9-3-10-5-13(7-14,11(10)4-9)6-12-15-8-16-17-12/h4,8,10-11H,2-3,5-7,14H2,1H3,(H,15,16,17)/t10-,11-,13-/m1/s1. The molecule has 1 aromatic rings. The minimum Gasteiger partial charge on any atom is -0.332 e. The highest BCUT2D eigenvalue weighted by atomic mass is 15.2. The topological polar surface area (TPSA) is 67.6 Å². The molecule has 0 bridgehead atoms. The van der Waals surface area contributed by atoms with Crippen molar-refractivity contribution in [1.29, 1.82) is 0 Å². The van der Waals surface area contributed by atoms with Gasteiger partial charge in [-0.2, -0.15) is 0 Å². The van der Waals surface area contributed by atoms with Gasteiger partial charge >= 0.3 is 0 Å². The van der Waals surface area contributed by atoms with E-state index in [2.05, 4.69) is 28.2 Å². The van der Waals surface area contributed by atoms with Crippen LogP contribution in [-0.4, -0.2) is 21.7 Å². The summed E-state index contributed by atoms with van der Waals surface area (Å²) in [5, 5.41) is 7.96. The lowest BCUT2D eigenvalue weighted by Crippen LogP contribution is -2.51. The number of hydrogen-bond acceptors (Lipinski definition) is 3. The zero-order valence-corrected chi connectivity index (χ0v) is 10.3. The number of H-pyrrole nitrogens is 1. The number of allylic oxidation sites excluding steroid dienone is 2. The smallest absolute Gasteiger partial charge is 0.130 e. The normalized spacial score (nSPS) is 35.3. The summed E-state index contributed by atoms with van der Waals surface area (Å²) in [5.74, 6) is 2.50. The Balaban J connectivity index is 1.79. The second-order valence-corrected chi connectivity index (χ2v) is 5.55. The third-order valence-electron chi connectivity index (χ3n) is 4.67. The molecule has 1 heterocycles. The first kappa shape index (κ1) is 11.0. The molecule has 0 saturated heterocycles. The number of rotatable bonds is 4. The van der Waals surface area contributed by atoms with Gasteiger partial charge in [0.15, 0.2) is 0 Å². The Morgan fingerprint density at radius 1 is 1.59 bits per heavy atom. The summed E-state index contributed by atoms with van der Waals surface area (Å²) in [6, 6.07) is 0. The predicted molar refractivity (Wildman–Crippen MR) is 66.2 cm³/mol. The molecular formula is C13H20N4. The van der Waals surface area contributed by atoms with E-state index in [-0.39, 0.29) is 5.41 Å². The van der Waals surface area contributed by atoms with Crippen molar-refractivity contribution < 1.29 is 0 Å². The summed E-state index contributed by atoms with van der Waals surface area (Å²) < 4.78 is 0. The summed E-state index contributed by atoms with van der Waals surface area (Å²) in [5.41, 5.74) is 7.89. The van der Waals surface area contributed by atoms with Crippen LogP contribution in [0.4, 0.5) is 0 Å². The maximum atomic E-state index is 6.04. The van der Waals surface area contributed by atoms with E-state index in [1.165, 1.54) is 19.3 Å². The van der Waals surface area contributed by atoms with Gasteiger partial charge in [0.25, 0.3) is 0 Å². The molecule has 0 spiro atoms. The Hall–Kier alpha value is -1.16. The average Bonchev–Trinajstić information content (AvgIpc) is 2.94. The number of nitrogens with two attached hydrogens (primary N) is 1. The molecule has 1 aromatic heterocycles. The minimum absolute atomic E-state index is 0.237. The van der Waals surface area contributed by atoms with E-state index in [9.17, 15) is 0 Å². The molecule has 0 unspecified atom stereocenters. The molecule has 0 amide bonds. The van der Waals surface area contributed by atoms with Gasteiger partial charge < -0.3 is 10.7 Å². The van der Waals surface area contributed by atoms with Crippen LogP contribution in [-0.2, 0) is 6.42 Å². The predicted octanol–water partition coefficient (Wildman–Crippen LogP) is 1.67. The average molecular weight is 232 g/mol. The molecule has 1 saturated carbocycles. The summed E-state index contributed by atoms with van der Waals surface area (Å²) in [6.07, 6.45) is 8.80. The fourth-order valence-electron chi connectivity index (χ4n) is 3.69. The maximum Gasteiger partial charge on any atom is 0.130 e. The largest absolute Gasteiger partial charge is 0.332 e. The van der Waals surface area contributed by atoms with Crippen molar-refractivity contribution >= 4 is 0 Å². The molecule has 3 atom stereocenters.